The van der Waals surface area contributed by atoms with Gasteiger partial charge in [0.2, 0.25) is 0 Å². The largest absolute Gasteiger partial charge is 0.309 e. The van der Waals surface area contributed by atoms with E-state index in [-0.39, 0.29) is 0 Å². The molecule has 0 radical (unpaired) electrons. The normalized spacial score (nSPS) is 17.9. The molecule has 1 aliphatic carbocycles. The van der Waals surface area contributed by atoms with Crippen molar-refractivity contribution >= 4 is 11.6 Å². The van der Waals surface area contributed by atoms with Crippen molar-refractivity contribution in [1.29, 1.82) is 0 Å². The summed E-state index contributed by atoms with van der Waals surface area (Å²) in [6, 6.07) is 13.0. The van der Waals surface area contributed by atoms with Crippen LogP contribution in [0.25, 0.3) is 0 Å². The predicted octanol–water partition coefficient (Wildman–Crippen LogP) is 4.51. The molecule has 2 unspecified atom stereocenters. The quantitative estimate of drug-likeness (QED) is 0.849. The van der Waals surface area contributed by atoms with E-state index >= 15 is 0 Å². The Bertz CT molecular complexity index is 594. The predicted molar refractivity (Wildman–Crippen MR) is 87.8 cm³/mol. The van der Waals surface area contributed by atoms with Crippen LogP contribution < -0.4 is 5.32 Å². The van der Waals surface area contributed by atoms with E-state index in [0.29, 0.717) is 17.0 Å². The lowest BCUT2D eigenvalue weighted by Crippen LogP contribution is -2.28. The first kappa shape index (κ1) is 14.6. The number of hydrogen-bond acceptors (Lipinski definition) is 2. The summed E-state index contributed by atoms with van der Waals surface area (Å²) < 4.78 is 0. The molecule has 2 atom stereocenters. The van der Waals surface area contributed by atoms with Crippen LogP contribution >= 0.6 is 11.6 Å². The van der Waals surface area contributed by atoms with Crippen LogP contribution in [0.3, 0.4) is 0 Å². The molecule has 110 valence electrons. The minimum absolute atomic E-state index is 0.306. The van der Waals surface area contributed by atoms with Crippen LogP contribution in [0.2, 0.25) is 5.02 Å². The third-order valence-electron chi connectivity index (χ3n) is 4.23. The van der Waals surface area contributed by atoms with Gasteiger partial charge in [0.15, 0.2) is 0 Å². The van der Waals surface area contributed by atoms with Crippen LogP contribution in [0.5, 0.6) is 0 Å². The Morgan fingerprint density at radius 3 is 2.86 bits per heavy atom. The Labute approximate surface area is 131 Å². The third kappa shape index (κ3) is 3.28. The van der Waals surface area contributed by atoms with Gasteiger partial charge >= 0.3 is 0 Å². The molecule has 1 aromatic heterocycles. The van der Waals surface area contributed by atoms with Crippen molar-refractivity contribution in [2.75, 3.05) is 6.54 Å². The third-order valence-corrected chi connectivity index (χ3v) is 4.45. The molecule has 1 N–H and O–H groups in total. The van der Waals surface area contributed by atoms with Crippen LogP contribution in [0, 0.1) is 0 Å². The van der Waals surface area contributed by atoms with Crippen LogP contribution in [0.15, 0.2) is 42.6 Å². The maximum absolute atomic E-state index is 5.95. The van der Waals surface area contributed by atoms with Crippen LogP contribution in [0.1, 0.15) is 48.5 Å². The van der Waals surface area contributed by atoms with Crippen LogP contribution in [0.4, 0.5) is 0 Å². The number of fused-ring (bicyclic) bond motifs is 1. The van der Waals surface area contributed by atoms with E-state index in [9.17, 15) is 0 Å². The Morgan fingerprint density at radius 2 is 2.14 bits per heavy atom. The zero-order chi connectivity index (χ0) is 14.7. The molecule has 0 bridgehead atoms. The number of rotatable bonds is 6. The van der Waals surface area contributed by atoms with Crippen LogP contribution in [-0.4, -0.2) is 11.5 Å². The van der Waals surface area contributed by atoms with E-state index in [1.165, 1.54) is 17.5 Å². The fourth-order valence-electron chi connectivity index (χ4n) is 3.08. The molecule has 0 fully saturated rings. The lowest BCUT2D eigenvalue weighted by Gasteiger charge is -2.33. The van der Waals surface area contributed by atoms with Crippen molar-refractivity contribution in [2.45, 2.75) is 38.1 Å². The second kappa shape index (κ2) is 6.59. The maximum Gasteiger partial charge on any atom is 0.0589 e. The van der Waals surface area contributed by atoms with Crippen molar-refractivity contribution in [3.8, 4) is 0 Å². The van der Waals surface area contributed by atoms with Gasteiger partial charge in [-0.1, -0.05) is 42.8 Å². The molecule has 0 saturated carbocycles. The molecule has 1 aromatic carbocycles. The van der Waals surface area contributed by atoms with Gasteiger partial charge in [0, 0.05) is 6.20 Å². The maximum atomic E-state index is 5.95. The van der Waals surface area contributed by atoms with Gasteiger partial charge in [-0.15, -0.1) is 0 Å². The summed E-state index contributed by atoms with van der Waals surface area (Å²) in [5.41, 5.74) is 4.10. The zero-order valence-corrected chi connectivity index (χ0v) is 13.1. The summed E-state index contributed by atoms with van der Waals surface area (Å²) in [6.07, 6.45) is 5.16. The number of halogens is 1. The number of nitrogens with zero attached hydrogens (tertiary/aromatic N) is 1. The van der Waals surface area contributed by atoms with E-state index < -0.39 is 0 Å². The Morgan fingerprint density at radius 1 is 1.29 bits per heavy atom. The molecule has 0 saturated heterocycles. The molecular weight excluding hydrogens is 280 g/mol. The lowest BCUT2D eigenvalue weighted by atomic mass is 9.74. The van der Waals surface area contributed by atoms with Gasteiger partial charge in [-0.05, 0) is 55.0 Å². The van der Waals surface area contributed by atoms with Gasteiger partial charge in [-0.3, -0.25) is 4.98 Å². The lowest BCUT2D eigenvalue weighted by molar-refractivity contribution is 0.421. The first-order valence-corrected chi connectivity index (χ1v) is 8.08. The smallest absolute Gasteiger partial charge is 0.0589 e. The molecular formula is C18H21ClN2. The average Bonchev–Trinajstić information content (AvgIpc) is 2.49. The molecule has 3 rings (SSSR count). The highest BCUT2D eigenvalue weighted by Gasteiger charge is 2.28. The topological polar surface area (TPSA) is 24.9 Å². The van der Waals surface area contributed by atoms with Gasteiger partial charge in [0.05, 0.1) is 16.8 Å². The number of benzene rings is 1. The van der Waals surface area contributed by atoms with Gasteiger partial charge in [0.25, 0.3) is 0 Å². The molecule has 0 amide bonds. The van der Waals surface area contributed by atoms with E-state index in [1.807, 2.05) is 12.1 Å². The van der Waals surface area contributed by atoms with Crippen LogP contribution in [-0.2, 0) is 6.42 Å². The van der Waals surface area contributed by atoms with E-state index in [2.05, 4.69) is 41.5 Å². The van der Waals surface area contributed by atoms with Crippen molar-refractivity contribution in [3.63, 3.8) is 0 Å². The molecule has 21 heavy (non-hydrogen) atoms. The monoisotopic (exact) mass is 300 g/mol. The molecule has 0 spiro atoms. The van der Waals surface area contributed by atoms with Gasteiger partial charge in [-0.2, -0.15) is 0 Å². The highest BCUT2D eigenvalue weighted by molar-refractivity contribution is 6.30. The second-order valence-electron chi connectivity index (χ2n) is 5.74. The summed E-state index contributed by atoms with van der Waals surface area (Å²) in [6.45, 7) is 3.21. The summed E-state index contributed by atoms with van der Waals surface area (Å²) in [4.78, 5) is 4.50. The van der Waals surface area contributed by atoms with E-state index in [0.717, 1.165) is 25.1 Å². The first-order valence-electron chi connectivity index (χ1n) is 7.70. The Balaban J connectivity index is 1.73. The summed E-state index contributed by atoms with van der Waals surface area (Å²) >= 11 is 5.95. The zero-order valence-electron chi connectivity index (χ0n) is 12.3. The van der Waals surface area contributed by atoms with Gasteiger partial charge < -0.3 is 5.32 Å². The van der Waals surface area contributed by atoms with Crippen molar-refractivity contribution in [3.05, 3.63) is 64.4 Å². The molecule has 1 aliphatic rings. The highest BCUT2D eigenvalue weighted by atomic mass is 35.5. The molecule has 1 heterocycles. The minimum atomic E-state index is 0.306. The van der Waals surface area contributed by atoms with Crippen molar-refractivity contribution < 1.29 is 0 Å². The van der Waals surface area contributed by atoms with Gasteiger partial charge in [0.1, 0.15) is 0 Å². The highest BCUT2D eigenvalue weighted by Crippen LogP contribution is 2.40. The fourth-order valence-corrected chi connectivity index (χ4v) is 3.19. The summed E-state index contributed by atoms with van der Waals surface area (Å²) in [5.74, 6) is 0.646. The van der Waals surface area contributed by atoms with Gasteiger partial charge in [-0.25, -0.2) is 0 Å². The second-order valence-corrected chi connectivity index (χ2v) is 6.18. The standard InChI is InChI=1S/C18H21ClN2/c1-2-9-20-18(17-8-7-15(19)12-21-17)11-14-10-13-5-3-4-6-16(13)14/h3-8,12,14,18,20H,2,9-11H2,1H3. The summed E-state index contributed by atoms with van der Waals surface area (Å²) in [7, 11) is 0. The number of pyridine rings is 1. The fraction of sp³-hybridized carbons (Fsp3) is 0.389. The number of hydrogen-bond donors (Lipinski definition) is 1. The SMILES string of the molecule is CCCNC(CC1Cc2ccccc21)c1ccc(Cl)cn1. The molecule has 2 nitrogen and oxygen atoms in total. The number of nitrogens with one attached hydrogen (secondary N) is 1. The molecule has 2 aromatic rings. The first-order chi connectivity index (χ1) is 10.3. The minimum Gasteiger partial charge on any atom is -0.309 e. The van der Waals surface area contributed by atoms with E-state index in [4.69, 9.17) is 11.6 Å². The Kier molecular flexibility index (Phi) is 4.57. The average molecular weight is 301 g/mol. The Hall–Kier alpha value is -1.38. The molecule has 3 heteroatoms. The van der Waals surface area contributed by atoms with E-state index in [1.54, 1.807) is 6.20 Å². The summed E-state index contributed by atoms with van der Waals surface area (Å²) in [5, 5.41) is 4.33. The van der Waals surface area contributed by atoms with Crippen molar-refractivity contribution in [2.24, 2.45) is 0 Å². The van der Waals surface area contributed by atoms with Crippen molar-refractivity contribution in [1.82, 2.24) is 10.3 Å². The number of aromatic nitrogens is 1. The molecule has 0 aliphatic heterocycles.